The third-order valence-corrected chi connectivity index (χ3v) is 22.1. The average Bonchev–Trinajstić information content (AvgIpc) is 4.42. The first-order valence-corrected chi connectivity index (χ1v) is 34.7. The van der Waals surface area contributed by atoms with Gasteiger partial charge in [-0.2, -0.15) is 0 Å². The number of anilines is 3. The third kappa shape index (κ3) is 14.7. The van der Waals surface area contributed by atoms with Crippen molar-refractivity contribution in [3.63, 3.8) is 0 Å². The Morgan fingerprint density at radius 3 is 0.630 bits per heavy atom. The van der Waals surface area contributed by atoms with E-state index in [-0.39, 0.29) is 0 Å². The predicted octanol–water partition coefficient (Wildman–Crippen LogP) is 22.5. The Bertz CT molecular complexity index is 3100. The van der Waals surface area contributed by atoms with Crippen LogP contribution in [0.5, 0.6) is 0 Å². The number of unbranched alkanes of at least 4 members (excludes halogenated alkanes) is 6. The first-order valence-electron chi connectivity index (χ1n) is 29.8. The molecule has 0 N–H and O–H groups in total. The van der Waals surface area contributed by atoms with Gasteiger partial charge in [-0.15, -0.1) is 68.0 Å². The molecule has 0 atom stereocenters. The van der Waals surface area contributed by atoms with Crippen molar-refractivity contribution >= 4 is 85.1 Å². The van der Waals surface area contributed by atoms with E-state index in [9.17, 15) is 0 Å². The van der Waals surface area contributed by atoms with Gasteiger partial charge in [-0.25, -0.2) is 15.0 Å². The maximum atomic E-state index is 5.29. The van der Waals surface area contributed by atoms with Crippen LogP contribution >= 0.6 is 68.0 Å². The Labute approximate surface area is 506 Å². The molecule has 6 nitrogen and oxygen atoms in total. The molecule has 0 amide bonds. The molecule has 0 spiro atoms. The van der Waals surface area contributed by atoms with Crippen LogP contribution in [0.25, 0.3) is 92.7 Å². The third-order valence-electron chi connectivity index (χ3n) is 14.9. The highest BCUT2D eigenvalue weighted by Crippen LogP contribution is 2.45. The molecule has 0 unspecified atom stereocenters. The summed E-state index contributed by atoms with van der Waals surface area (Å²) in [7, 11) is 0. The molecule has 0 aliphatic carbocycles. The summed E-state index contributed by atoms with van der Waals surface area (Å²) < 4.78 is 0. The smallest absolute Gasteiger partial charge is 0.174 e. The minimum absolute atomic E-state index is 0.703. The highest BCUT2D eigenvalue weighted by molar-refractivity contribution is 7.26. The molecule has 0 bridgehead atoms. The summed E-state index contributed by atoms with van der Waals surface area (Å²) in [6.07, 6.45) is 14.6. The number of nitrogens with zero attached hydrogens (tertiary/aromatic N) is 6. The fourth-order valence-electron chi connectivity index (χ4n) is 10.1. The minimum atomic E-state index is 0.703. The van der Waals surface area contributed by atoms with E-state index in [0.29, 0.717) is 17.5 Å². The van der Waals surface area contributed by atoms with Gasteiger partial charge in [0.1, 0.15) is 0 Å². The zero-order chi connectivity index (χ0) is 55.9. The molecule has 10 rings (SSSR count). The van der Waals surface area contributed by atoms with Crippen LogP contribution in [-0.4, -0.2) is 54.2 Å². The molecule has 10 aromatic rings. The van der Waals surface area contributed by atoms with Gasteiger partial charge in [0.05, 0.1) is 14.6 Å². The highest BCUT2D eigenvalue weighted by Gasteiger charge is 2.20. The Morgan fingerprint density at radius 1 is 0.235 bits per heavy atom. The summed E-state index contributed by atoms with van der Waals surface area (Å²) in [6.45, 7) is 20.3. The van der Waals surface area contributed by atoms with Crippen molar-refractivity contribution in [2.45, 2.75) is 119 Å². The van der Waals surface area contributed by atoms with Gasteiger partial charge < -0.3 is 14.7 Å². The largest absolute Gasteiger partial charge is 0.372 e. The second-order valence-electron chi connectivity index (χ2n) is 21.0. The summed E-state index contributed by atoms with van der Waals surface area (Å²) in [4.78, 5) is 37.8. The zero-order valence-corrected chi connectivity index (χ0v) is 53.1. The van der Waals surface area contributed by atoms with Gasteiger partial charge in [0.2, 0.25) is 0 Å². The Balaban J connectivity index is 0.922. The van der Waals surface area contributed by atoms with E-state index in [2.05, 4.69) is 202 Å². The lowest BCUT2D eigenvalue weighted by molar-refractivity contribution is 0.678. The van der Waals surface area contributed by atoms with Crippen molar-refractivity contribution in [1.29, 1.82) is 0 Å². The van der Waals surface area contributed by atoms with Crippen LogP contribution in [0.2, 0.25) is 0 Å². The first kappa shape index (κ1) is 58.5. The molecule has 0 aliphatic heterocycles. The fourth-order valence-corrected chi connectivity index (χ4v) is 16.2. The summed E-state index contributed by atoms with van der Waals surface area (Å²) in [5, 5.41) is 0. The summed E-state index contributed by atoms with van der Waals surface area (Å²) in [5.74, 6) is 2.11. The van der Waals surface area contributed by atoms with E-state index in [0.717, 1.165) is 53.9 Å². The lowest BCUT2D eigenvalue weighted by Gasteiger charge is -2.24. The Morgan fingerprint density at radius 2 is 0.420 bits per heavy atom. The second-order valence-corrected chi connectivity index (χ2v) is 27.5. The van der Waals surface area contributed by atoms with Crippen molar-refractivity contribution in [2.24, 2.45) is 0 Å². The van der Waals surface area contributed by atoms with Gasteiger partial charge in [0, 0.05) is 100 Å². The average molecular weight is 1180 g/mol. The van der Waals surface area contributed by atoms with Crippen LogP contribution in [0, 0.1) is 0 Å². The molecule has 0 aliphatic rings. The highest BCUT2D eigenvalue weighted by atomic mass is 32.1. The van der Waals surface area contributed by atoms with Crippen LogP contribution in [-0.2, 0) is 0 Å². The van der Waals surface area contributed by atoms with Crippen molar-refractivity contribution in [3.05, 3.63) is 146 Å². The summed E-state index contributed by atoms with van der Waals surface area (Å²) in [5.41, 5.74) is 7.74. The second kappa shape index (κ2) is 29.0. The van der Waals surface area contributed by atoms with Crippen molar-refractivity contribution in [1.82, 2.24) is 15.0 Å². The monoisotopic (exact) mass is 1180 g/mol. The van der Waals surface area contributed by atoms with Crippen LogP contribution in [0.4, 0.5) is 17.1 Å². The molecule has 0 fully saturated rings. The van der Waals surface area contributed by atoms with Crippen LogP contribution in [0.15, 0.2) is 146 Å². The Hall–Kier alpha value is -5.73. The van der Waals surface area contributed by atoms with Gasteiger partial charge in [-0.05, 0) is 164 Å². The zero-order valence-electron chi connectivity index (χ0n) is 48.2. The molecular formula is C69H78N6S6. The van der Waals surface area contributed by atoms with Gasteiger partial charge >= 0.3 is 0 Å². The number of benzene rings is 3. The van der Waals surface area contributed by atoms with Crippen molar-refractivity contribution < 1.29 is 0 Å². The van der Waals surface area contributed by atoms with E-state index >= 15 is 0 Å². The molecule has 12 heteroatoms. The number of rotatable bonds is 30. The van der Waals surface area contributed by atoms with Gasteiger partial charge in [0.15, 0.2) is 17.5 Å². The van der Waals surface area contributed by atoms with Crippen LogP contribution in [0.1, 0.15) is 119 Å². The van der Waals surface area contributed by atoms with Gasteiger partial charge in [0.25, 0.3) is 0 Å². The molecule has 420 valence electrons. The number of aromatic nitrogens is 3. The van der Waals surface area contributed by atoms with E-state index in [1.807, 2.05) is 34.0 Å². The van der Waals surface area contributed by atoms with Crippen LogP contribution in [0.3, 0.4) is 0 Å². The van der Waals surface area contributed by atoms with Gasteiger partial charge in [-0.1, -0.05) is 116 Å². The molecule has 0 radical (unpaired) electrons. The SMILES string of the molecule is CCCCN(CCCC)c1ccc(-c2ccc(-c3ccc(-c4nc(-c5ccc(-c6ccc(-c7ccc(N(CCCC)CCCC)cc7)s6)s5)nc(-c5ccc(-c6ccc(-c7ccc(N(CCCC)CCCC)cc7)s6)s5)n4)s3)s2)cc1. The number of hydrogen-bond donors (Lipinski definition) is 0. The molecule has 7 aromatic heterocycles. The maximum absolute atomic E-state index is 5.29. The number of thiophene rings is 6. The minimum Gasteiger partial charge on any atom is -0.372 e. The summed E-state index contributed by atoms with van der Waals surface area (Å²) in [6, 6.07) is 54.6. The van der Waals surface area contributed by atoms with E-state index < -0.39 is 0 Å². The first-order chi connectivity index (χ1) is 39.8. The quantitative estimate of drug-likeness (QED) is 0.0447. The lowest BCUT2D eigenvalue weighted by atomic mass is 10.1. The molecule has 3 aromatic carbocycles. The number of hydrogen-bond acceptors (Lipinski definition) is 12. The molecule has 7 heterocycles. The fraction of sp³-hybridized carbons (Fsp3) is 0.348. The summed E-state index contributed by atoms with van der Waals surface area (Å²) >= 11 is 10.8. The topological polar surface area (TPSA) is 48.4 Å². The Kier molecular flexibility index (Phi) is 20.9. The lowest BCUT2D eigenvalue weighted by Crippen LogP contribution is -2.25. The normalized spacial score (nSPS) is 11.5. The standard InChI is InChI=1S/C69H78N6S6/c1-7-13-43-73(44-14-8-2)52-25-19-49(20-26-52)55-31-34-58(76-55)61-37-40-64(79-61)67-70-68(65-41-38-62(80-65)59-35-32-56(77-59)50-21-27-53(28-22-50)74(45-15-9-3)46-16-10-4)72-69(71-67)66-42-39-63(81-66)60-36-33-57(78-60)51-23-29-54(30-24-51)75(47-17-11-5)48-18-12-6/h19-42H,7-18,43-48H2,1-6H3. The maximum Gasteiger partial charge on any atom is 0.174 e. The molecular weight excluding hydrogens is 1110 g/mol. The van der Waals surface area contributed by atoms with E-state index in [1.165, 1.54) is 155 Å². The molecule has 81 heavy (non-hydrogen) atoms. The van der Waals surface area contributed by atoms with Crippen molar-refractivity contribution in [3.8, 4) is 92.7 Å². The predicted molar refractivity (Wildman–Crippen MR) is 362 cm³/mol. The molecule has 0 saturated heterocycles. The van der Waals surface area contributed by atoms with Gasteiger partial charge in [-0.3, -0.25) is 0 Å². The van der Waals surface area contributed by atoms with Crippen LogP contribution < -0.4 is 14.7 Å². The molecule has 0 saturated carbocycles. The van der Waals surface area contributed by atoms with E-state index in [4.69, 9.17) is 15.0 Å². The van der Waals surface area contributed by atoms with Crippen molar-refractivity contribution in [2.75, 3.05) is 54.0 Å². The van der Waals surface area contributed by atoms with E-state index in [1.54, 1.807) is 34.0 Å².